The van der Waals surface area contributed by atoms with E-state index in [-0.39, 0.29) is 12.2 Å². The summed E-state index contributed by atoms with van der Waals surface area (Å²) in [5.41, 5.74) is 0.221. The van der Waals surface area contributed by atoms with Crippen LogP contribution in [0, 0.1) is 10.1 Å². The first-order valence-corrected chi connectivity index (χ1v) is 5.92. The minimum atomic E-state index is -4.80. The molecule has 12 heteroatoms. The Hall–Kier alpha value is -3.18. The summed E-state index contributed by atoms with van der Waals surface area (Å²) in [6, 6.07) is 4.48. The average Bonchev–Trinajstić information content (AvgIpc) is 2.88. The Labute approximate surface area is 125 Å². The highest BCUT2D eigenvalue weighted by Gasteiger charge is 2.30. The molecule has 9 nitrogen and oxygen atoms in total. The Morgan fingerprint density at radius 3 is 2.52 bits per heavy atom. The molecule has 0 atom stereocenters. The Balaban J connectivity index is 1.93. The van der Waals surface area contributed by atoms with Crippen LogP contribution in [0.3, 0.4) is 0 Å². The van der Waals surface area contributed by atoms with Crippen LogP contribution in [-0.4, -0.2) is 32.0 Å². The molecule has 2 rings (SSSR count). The van der Waals surface area contributed by atoms with Crippen LogP contribution in [0.4, 0.5) is 24.8 Å². The molecule has 0 saturated carbocycles. The first-order valence-electron chi connectivity index (χ1n) is 5.92. The predicted octanol–water partition coefficient (Wildman–Crippen LogP) is 1.72. The molecule has 0 radical (unpaired) electrons. The molecule has 1 amide bonds. The van der Waals surface area contributed by atoms with Crippen molar-refractivity contribution in [1.29, 1.82) is 0 Å². The average molecular weight is 331 g/mol. The summed E-state index contributed by atoms with van der Waals surface area (Å²) in [6.45, 7) is -0.346. The van der Waals surface area contributed by atoms with Gasteiger partial charge in [-0.25, -0.2) is 0 Å². The van der Waals surface area contributed by atoms with Gasteiger partial charge in [0.25, 0.3) is 0 Å². The lowest BCUT2D eigenvalue weighted by molar-refractivity contribution is -0.394. The molecule has 1 heterocycles. The molecule has 1 aromatic heterocycles. The Kier molecular flexibility index (Phi) is 4.43. The van der Waals surface area contributed by atoms with Crippen LogP contribution in [0.5, 0.6) is 5.75 Å². The highest BCUT2D eigenvalue weighted by Crippen LogP contribution is 2.23. The lowest BCUT2D eigenvalue weighted by Gasteiger charge is -2.09. The molecule has 2 aromatic rings. The molecule has 1 N–H and O–H groups in total. The highest BCUT2D eigenvalue weighted by molar-refractivity contribution is 5.90. The quantitative estimate of drug-likeness (QED) is 0.659. The fourth-order valence-corrected chi connectivity index (χ4v) is 1.53. The molecule has 1 aromatic carbocycles. The van der Waals surface area contributed by atoms with Gasteiger partial charge in [-0.3, -0.25) is 4.79 Å². The highest BCUT2D eigenvalue weighted by atomic mass is 19.4. The van der Waals surface area contributed by atoms with Crippen LogP contribution in [0.15, 0.2) is 30.6 Å². The number of amides is 1. The van der Waals surface area contributed by atoms with Crippen molar-refractivity contribution in [3.8, 4) is 5.75 Å². The standard InChI is InChI=1S/C11H8F3N5O4/c12-11(13,14)23-8-3-1-7(2-4-8)16-9(20)5-18-6-15-10(17-18)19(21)22/h1-4,6H,5H2,(H,16,20). The molecule has 0 aliphatic carbocycles. The summed E-state index contributed by atoms with van der Waals surface area (Å²) in [7, 11) is 0. The number of carbonyl (C=O) groups is 1. The van der Waals surface area contributed by atoms with E-state index >= 15 is 0 Å². The lowest BCUT2D eigenvalue weighted by Crippen LogP contribution is -2.19. The number of hydrogen-bond donors (Lipinski definition) is 1. The van der Waals surface area contributed by atoms with Gasteiger partial charge in [0.1, 0.15) is 12.3 Å². The van der Waals surface area contributed by atoms with E-state index in [9.17, 15) is 28.1 Å². The zero-order chi connectivity index (χ0) is 17.0. The third kappa shape index (κ3) is 4.94. The maximum atomic E-state index is 12.0. The van der Waals surface area contributed by atoms with E-state index in [0.29, 0.717) is 0 Å². The van der Waals surface area contributed by atoms with E-state index in [1.807, 2.05) is 0 Å². The maximum absolute atomic E-state index is 12.0. The third-order valence-corrected chi connectivity index (χ3v) is 2.36. The van der Waals surface area contributed by atoms with E-state index in [1.54, 1.807) is 0 Å². The normalized spacial score (nSPS) is 11.1. The van der Waals surface area contributed by atoms with E-state index in [1.165, 1.54) is 12.1 Å². The van der Waals surface area contributed by atoms with Crippen molar-refractivity contribution in [3.63, 3.8) is 0 Å². The number of halogens is 3. The van der Waals surface area contributed by atoms with Gasteiger partial charge in [0.2, 0.25) is 12.2 Å². The summed E-state index contributed by atoms with van der Waals surface area (Å²) in [6.07, 6.45) is -3.79. The fourth-order valence-electron chi connectivity index (χ4n) is 1.53. The largest absolute Gasteiger partial charge is 0.573 e. The molecule has 0 bridgehead atoms. The van der Waals surface area contributed by atoms with E-state index in [2.05, 4.69) is 20.1 Å². The van der Waals surface area contributed by atoms with Crippen molar-refractivity contribution < 1.29 is 27.6 Å². The molecule has 0 fully saturated rings. The molecule has 0 unspecified atom stereocenters. The number of nitro groups is 1. The monoisotopic (exact) mass is 331 g/mol. The number of anilines is 1. The van der Waals surface area contributed by atoms with Gasteiger partial charge < -0.3 is 20.2 Å². The van der Waals surface area contributed by atoms with Gasteiger partial charge >= 0.3 is 12.3 Å². The first-order chi connectivity index (χ1) is 10.7. The molecule has 122 valence electrons. The number of nitrogens with zero attached hydrogens (tertiary/aromatic N) is 4. The fraction of sp³-hybridized carbons (Fsp3) is 0.182. The molecular weight excluding hydrogens is 323 g/mol. The molecular formula is C11H8F3N5O4. The molecule has 0 aliphatic heterocycles. The number of aromatic nitrogens is 3. The number of hydrogen-bond acceptors (Lipinski definition) is 6. The zero-order valence-corrected chi connectivity index (χ0v) is 11.1. The Morgan fingerprint density at radius 2 is 2.00 bits per heavy atom. The second-order valence-corrected chi connectivity index (χ2v) is 4.12. The topological polar surface area (TPSA) is 112 Å². The van der Waals surface area contributed by atoms with Crippen molar-refractivity contribution in [2.24, 2.45) is 0 Å². The zero-order valence-electron chi connectivity index (χ0n) is 11.1. The minimum Gasteiger partial charge on any atom is -0.406 e. The third-order valence-electron chi connectivity index (χ3n) is 2.36. The number of nitrogens with one attached hydrogen (secondary N) is 1. The van der Waals surface area contributed by atoms with Gasteiger partial charge in [-0.05, 0) is 29.2 Å². The Bertz CT molecular complexity index is 713. The van der Waals surface area contributed by atoms with Crippen LogP contribution in [0.25, 0.3) is 0 Å². The number of benzene rings is 1. The SMILES string of the molecule is O=C(Cn1cnc([N+](=O)[O-])n1)Nc1ccc(OC(F)(F)F)cc1. The second-order valence-electron chi connectivity index (χ2n) is 4.12. The van der Waals surface area contributed by atoms with Crippen molar-refractivity contribution in [1.82, 2.24) is 14.8 Å². The number of carbonyl (C=O) groups excluding carboxylic acids is 1. The molecule has 23 heavy (non-hydrogen) atoms. The molecule has 0 spiro atoms. The summed E-state index contributed by atoms with van der Waals surface area (Å²) >= 11 is 0. The van der Waals surface area contributed by atoms with Gasteiger partial charge in [-0.1, -0.05) is 4.98 Å². The lowest BCUT2D eigenvalue weighted by atomic mass is 10.3. The van der Waals surface area contributed by atoms with E-state index in [0.717, 1.165) is 23.1 Å². The minimum absolute atomic E-state index is 0.221. The van der Waals surface area contributed by atoms with Crippen molar-refractivity contribution in [2.45, 2.75) is 12.9 Å². The van der Waals surface area contributed by atoms with Gasteiger partial charge in [-0.2, -0.15) is 4.68 Å². The van der Waals surface area contributed by atoms with Crippen LogP contribution < -0.4 is 10.1 Å². The van der Waals surface area contributed by atoms with Gasteiger partial charge in [-0.15, -0.1) is 13.2 Å². The van der Waals surface area contributed by atoms with Crippen LogP contribution >= 0.6 is 0 Å². The molecule has 0 aliphatic rings. The summed E-state index contributed by atoms with van der Waals surface area (Å²) in [4.78, 5) is 24.7. The smallest absolute Gasteiger partial charge is 0.406 e. The van der Waals surface area contributed by atoms with Crippen molar-refractivity contribution >= 4 is 17.5 Å². The van der Waals surface area contributed by atoms with Crippen molar-refractivity contribution in [2.75, 3.05) is 5.32 Å². The van der Waals surface area contributed by atoms with Gasteiger partial charge in [0.05, 0.1) is 0 Å². The summed E-state index contributed by atoms with van der Waals surface area (Å²) in [5, 5.41) is 16.2. The van der Waals surface area contributed by atoms with Gasteiger partial charge in [0.15, 0.2) is 0 Å². The number of rotatable bonds is 5. The Morgan fingerprint density at radius 1 is 1.35 bits per heavy atom. The summed E-state index contributed by atoms with van der Waals surface area (Å²) < 4.78 is 40.6. The first kappa shape index (κ1) is 16.2. The van der Waals surface area contributed by atoms with Crippen LogP contribution in [-0.2, 0) is 11.3 Å². The van der Waals surface area contributed by atoms with Crippen LogP contribution in [0.2, 0.25) is 0 Å². The number of ether oxygens (including phenoxy) is 1. The van der Waals surface area contributed by atoms with E-state index in [4.69, 9.17) is 0 Å². The second kappa shape index (κ2) is 6.29. The summed E-state index contributed by atoms with van der Waals surface area (Å²) in [5.74, 6) is -1.66. The van der Waals surface area contributed by atoms with Crippen LogP contribution in [0.1, 0.15) is 0 Å². The molecule has 0 saturated heterocycles. The van der Waals surface area contributed by atoms with E-state index < -0.39 is 28.9 Å². The predicted molar refractivity (Wildman–Crippen MR) is 68.4 cm³/mol. The maximum Gasteiger partial charge on any atom is 0.573 e. The van der Waals surface area contributed by atoms with Crippen molar-refractivity contribution in [3.05, 3.63) is 40.7 Å². The number of alkyl halides is 3. The van der Waals surface area contributed by atoms with Gasteiger partial charge in [0, 0.05) is 10.8 Å².